The molecular formula is C13H17N5O4. The normalized spacial score (nSPS) is 10.3. The van der Waals surface area contributed by atoms with Crippen molar-refractivity contribution in [3.8, 4) is 11.5 Å². The Morgan fingerprint density at radius 3 is 2.82 bits per heavy atom. The van der Waals surface area contributed by atoms with Gasteiger partial charge >= 0.3 is 5.97 Å². The number of rotatable bonds is 7. The van der Waals surface area contributed by atoms with E-state index in [1.54, 1.807) is 6.92 Å². The number of esters is 1. The summed E-state index contributed by atoms with van der Waals surface area (Å²) in [5, 5.41) is 11.2. The molecule has 2 rings (SSSR count). The van der Waals surface area contributed by atoms with Crippen LogP contribution < -0.4 is 15.2 Å². The molecule has 0 radical (unpaired) electrons. The van der Waals surface area contributed by atoms with Crippen molar-refractivity contribution >= 4 is 11.7 Å². The fourth-order valence-corrected chi connectivity index (χ4v) is 1.76. The molecule has 0 fully saturated rings. The van der Waals surface area contributed by atoms with Gasteiger partial charge in [0.25, 0.3) is 0 Å². The van der Waals surface area contributed by atoms with Gasteiger partial charge in [-0.3, -0.25) is 0 Å². The summed E-state index contributed by atoms with van der Waals surface area (Å²) in [6, 6.07) is 3.02. The maximum atomic E-state index is 11.8. The molecule has 0 atom stereocenters. The summed E-state index contributed by atoms with van der Waals surface area (Å²) in [6.45, 7) is 2.71. The lowest BCUT2D eigenvalue weighted by atomic mass is 10.1. The van der Waals surface area contributed by atoms with Crippen molar-refractivity contribution in [2.45, 2.75) is 13.5 Å². The fraction of sp³-hybridized carbons (Fsp3) is 0.385. The third-order valence-corrected chi connectivity index (χ3v) is 2.77. The first-order chi connectivity index (χ1) is 10.7. The number of aromatic nitrogens is 4. The van der Waals surface area contributed by atoms with E-state index in [1.807, 2.05) is 0 Å². The van der Waals surface area contributed by atoms with E-state index in [0.29, 0.717) is 24.7 Å². The Morgan fingerprint density at radius 2 is 2.18 bits per heavy atom. The van der Waals surface area contributed by atoms with Crippen molar-refractivity contribution in [1.82, 2.24) is 20.2 Å². The Hall–Kier alpha value is -2.84. The SMILES string of the molecule is CCOC(=O)c1cc(OC)c(OCCn2ncnn2)cc1N. The molecule has 118 valence electrons. The third kappa shape index (κ3) is 3.62. The number of hydrogen-bond acceptors (Lipinski definition) is 8. The van der Waals surface area contributed by atoms with Gasteiger partial charge in [-0.2, -0.15) is 4.80 Å². The number of methoxy groups -OCH3 is 1. The number of carbonyl (C=O) groups is 1. The number of nitrogen functional groups attached to an aromatic ring is 1. The van der Waals surface area contributed by atoms with E-state index >= 15 is 0 Å². The molecule has 9 nitrogen and oxygen atoms in total. The molecule has 0 bridgehead atoms. The van der Waals surface area contributed by atoms with Crippen molar-refractivity contribution in [2.24, 2.45) is 0 Å². The number of hydrogen-bond donors (Lipinski definition) is 1. The van der Waals surface area contributed by atoms with E-state index in [2.05, 4.69) is 15.4 Å². The second-order valence-electron chi connectivity index (χ2n) is 4.19. The summed E-state index contributed by atoms with van der Waals surface area (Å²) >= 11 is 0. The highest BCUT2D eigenvalue weighted by Gasteiger charge is 2.16. The lowest BCUT2D eigenvalue weighted by molar-refractivity contribution is 0.0527. The molecule has 0 aliphatic rings. The minimum Gasteiger partial charge on any atom is -0.493 e. The molecule has 0 aliphatic heterocycles. The Bertz CT molecular complexity index is 630. The van der Waals surface area contributed by atoms with Crippen LogP contribution in [-0.2, 0) is 11.3 Å². The number of nitrogens with zero attached hydrogens (tertiary/aromatic N) is 4. The third-order valence-electron chi connectivity index (χ3n) is 2.77. The highest BCUT2D eigenvalue weighted by atomic mass is 16.5. The molecule has 1 heterocycles. The monoisotopic (exact) mass is 307 g/mol. The second-order valence-corrected chi connectivity index (χ2v) is 4.19. The summed E-state index contributed by atoms with van der Waals surface area (Å²) in [5.41, 5.74) is 6.36. The van der Waals surface area contributed by atoms with Gasteiger partial charge in [0.2, 0.25) is 0 Å². The van der Waals surface area contributed by atoms with Gasteiger partial charge in [-0.05, 0) is 12.1 Å². The van der Waals surface area contributed by atoms with E-state index in [0.717, 1.165) is 0 Å². The molecule has 1 aromatic heterocycles. The van der Waals surface area contributed by atoms with Crippen molar-refractivity contribution in [2.75, 3.05) is 26.1 Å². The summed E-state index contributed by atoms with van der Waals surface area (Å²) in [7, 11) is 1.48. The first-order valence-corrected chi connectivity index (χ1v) is 6.64. The maximum Gasteiger partial charge on any atom is 0.340 e. The smallest absolute Gasteiger partial charge is 0.340 e. The van der Waals surface area contributed by atoms with E-state index < -0.39 is 5.97 Å². The lowest BCUT2D eigenvalue weighted by Crippen LogP contribution is -2.12. The predicted molar refractivity (Wildman–Crippen MR) is 76.7 cm³/mol. The van der Waals surface area contributed by atoms with Crippen molar-refractivity contribution < 1.29 is 19.0 Å². The highest BCUT2D eigenvalue weighted by Crippen LogP contribution is 2.32. The summed E-state index contributed by atoms with van der Waals surface area (Å²) in [6.07, 6.45) is 1.34. The molecule has 2 aromatic rings. The van der Waals surface area contributed by atoms with Crippen LogP contribution in [0.1, 0.15) is 17.3 Å². The van der Waals surface area contributed by atoms with E-state index in [1.165, 1.54) is 30.4 Å². The van der Waals surface area contributed by atoms with Crippen LogP contribution in [0.2, 0.25) is 0 Å². The highest BCUT2D eigenvalue weighted by molar-refractivity contribution is 5.96. The molecule has 2 N–H and O–H groups in total. The first kappa shape index (κ1) is 15.5. The molecule has 0 spiro atoms. The van der Waals surface area contributed by atoms with Crippen LogP contribution in [0.15, 0.2) is 18.5 Å². The number of ether oxygens (including phenoxy) is 3. The minimum atomic E-state index is -0.503. The van der Waals surface area contributed by atoms with Crippen molar-refractivity contribution in [1.29, 1.82) is 0 Å². The van der Waals surface area contributed by atoms with Gasteiger partial charge in [-0.15, -0.1) is 10.2 Å². The standard InChI is InChI=1S/C13H17N5O4/c1-3-21-13(19)9-6-11(20-2)12(7-10(9)14)22-5-4-18-16-8-15-17-18/h6-8H,3-5,14H2,1-2H3. The van der Waals surface area contributed by atoms with Crippen LogP contribution in [0, 0.1) is 0 Å². The van der Waals surface area contributed by atoms with E-state index in [4.69, 9.17) is 19.9 Å². The van der Waals surface area contributed by atoms with Crippen LogP contribution in [0.25, 0.3) is 0 Å². The van der Waals surface area contributed by atoms with Crippen LogP contribution in [-0.4, -0.2) is 46.5 Å². The Morgan fingerprint density at radius 1 is 1.36 bits per heavy atom. The van der Waals surface area contributed by atoms with Crippen LogP contribution in [0.5, 0.6) is 11.5 Å². The fourth-order valence-electron chi connectivity index (χ4n) is 1.76. The predicted octanol–water partition coefficient (Wildman–Crippen LogP) is 0.520. The topological polar surface area (TPSA) is 114 Å². The zero-order chi connectivity index (χ0) is 15.9. The second kappa shape index (κ2) is 7.25. The molecule has 0 aliphatic carbocycles. The van der Waals surface area contributed by atoms with Gasteiger partial charge in [-0.25, -0.2) is 4.79 Å². The molecule has 22 heavy (non-hydrogen) atoms. The van der Waals surface area contributed by atoms with Gasteiger partial charge in [0.05, 0.1) is 31.5 Å². The van der Waals surface area contributed by atoms with Gasteiger partial charge in [-0.1, -0.05) is 0 Å². The van der Waals surface area contributed by atoms with E-state index in [-0.39, 0.29) is 17.9 Å². The van der Waals surface area contributed by atoms with Crippen LogP contribution >= 0.6 is 0 Å². The average Bonchev–Trinajstić information content (AvgIpc) is 3.01. The van der Waals surface area contributed by atoms with Crippen LogP contribution in [0.4, 0.5) is 5.69 Å². The quantitative estimate of drug-likeness (QED) is 0.581. The summed E-state index contributed by atoms with van der Waals surface area (Å²) in [4.78, 5) is 13.2. The number of nitrogens with two attached hydrogens (primary N) is 1. The molecule has 0 unspecified atom stereocenters. The molecule has 1 aromatic carbocycles. The van der Waals surface area contributed by atoms with Gasteiger partial charge in [0.1, 0.15) is 6.61 Å². The molecule has 0 saturated heterocycles. The average molecular weight is 307 g/mol. The Balaban J connectivity index is 2.10. The zero-order valence-electron chi connectivity index (χ0n) is 12.4. The van der Waals surface area contributed by atoms with Gasteiger partial charge in [0, 0.05) is 12.1 Å². The first-order valence-electron chi connectivity index (χ1n) is 6.64. The number of carbonyl (C=O) groups excluding carboxylic acids is 1. The van der Waals surface area contributed by atoms with Crippen LogP contribution in [0.3, 0.4) is 0 Å². The zero-order valence-corrected chi connectivity index (χ0v) is 12.4. The molecule has 0 saturated carbocycles. The molecule has 0 amide bonds. The minimum absolute atomic E-state index is 0.240. The summed E-state index contributed by atoms with van der Waals surface area (Å²) < 4.78 is 15.7. The number of tetrazole rings is 1. The van der Waals surface area contributed by atoms with E-state index in [9.17, 15) is 4.79 Å². The largest absolute Gasteiger partial charge is 0.493 e. The Kier molecular flexibility index (Phi) is 5.12. The van der Waals surface area contributed by atoms with Crippen molar-refractivity contribution in [3.63, 3.8) is 0 Å². The summed E-state index contributed by atoms with van der Waals surface area (Å²) in [5.74, 6) is 0.314. The van der Waals surface area contributed by atoms with Crippen molar-refractivity contribution in [3.05, 3.63) is 24.0 Å². The Labute approximate surface area is 127 Å². The maximum absolute atomic E-state index is 11.8. The lowest BCUT2D eigenvalue weighted by Gasteiger charge is -2.13. The van der Waals surface area contributed by atoms with Gasteiger partial charge < -0.3 is 19.9 Å². The molecule has 9 heteroatoms. The number of anilines is 1. The number of benzene rings is 1. The molecular weight excluding hydrogens is 290 g/mol. The van der Waals surface area contributed by atoms with Gasteiger partial charge in [0.15, 0.2) is 17.8 Å².